The molecule has 2 heterocycles. The van der Waals surface area contributed by atoms with E-state index in [1.54, 1.807) is 0 Å². The molecule has 2 fully saturated rings. The van der Waals surface area contributed by atoms with E-state index < -0.39 is 0 Å². The first-order valence-electron chi connectivity index (χ1n) is 5.84. The van der Waals surface area contributed by atoms with Crippen LogP contribution < -0.4 is 0 Å². The Morgan fingerprint density at radius 3 is 2.50 bits per heavy atom. The van der Waals surface area contributed by atoms with Crippen LogP contribution in [0.25, 0.3) is 0 Å². The first-order chi connectivity index (χ1) is 6.77. The summed E-state index contributed by atoms with van der Waals surface area (Å²) in [7, 11) is 0. The minimum absolute atomic E-state index is 0.635. The Kier molecular flexibility index (Phi) is 3.06. The van der Waals surface area contributed by atoms with Crippen molar-refractivity contribution < 1.29 is 0 Å². The molecule has 2 aliphatic heterocycles. The number of rotatable bonds is 3. The molecule has 14 heavy (non-hydrogen) atoms. The molecular formula is C11H21N3. The maximum Gasteiger partial charge on any atom is 0.0958 e. The maximum absolute atomic E-state index is 7.78. The van der Waals surface area contributed by atoms with Gasteiger partial charge in [0.25, 0.3) is 0 Å². The van der Waals surface area contributed by atoms with Crippen LogP contribution in [0, 0.1) is 5.41 Å². The van der Waals surface area contributed by atoms with Gasteiger partial charge in [0.15, 0.2) is 0 Å². The Morgan fingerprint density at radius 2 is 1.93 bits per heavy atom. The van der Waals surface area contributed by atoms with Crippen molar-refractivity contribution in [3.63, 3.8) is 0 Å². The number of amidine groups is 1. The van der Waals surface area contributed by atoms with E-state index in [1.807, 2.05) is 0 Å². The lowest BCUT2D eigenvalue weighted by atomic mass is 10.3. The number of nitrogens with one attached hydrogen (secondary N) is 1. The summed E-state index contributed by atoms with van der Waals surface area (Å²) in [6, 6.07) is 0.635. The summed E-state index contributed by atoms with van der Waals surface area (Å²) in [5, 5.41) is 7.78. The van der Waals surface area contributed by atoms with E-state index in [0.29, 0.717) is 6.04 Å². The average molecular weight is 195 g/mol. The molecule has 0 amide bonds. The minimum Gasteiger partial charge on any atom is -0.359 e. The summed E-state index contributed by atoms with van der Waals surface area (Å²) < 4.78 is 0. The normalized spacial score (nSPS) is 26.1. The molecule has 2 rings (SSSR count). The molecule has 3 heteroatoms. The third-order valence-electron chi connectivity index (χ3n) is 3.47. The van der Waals surface area contributed by atoms with Crippen LogP contribution in [-0.4, -0.2) is 47.9 Å². The van der Waals surface area contributed by atoms with Gasteiger partial charge < -0.3 is 4.90 Å². The van der Waals surface area contributed by atoms with Crippen molar-refractivity contribution in [1.82, 2.24) is 9.80 Å². The predicted molar refractivity (Wildman–Crippen MR) is 58.8 cm³/mol. The summed E-state index contributed by atoms with van der Waals surface area (Å²) in [4.78, 5) is 4.81. The summed E-state index contributed by atoms with van der Waals surface area (Å²) in [6.07, 6.45) is 4.90. The van der Waals surface area contributed by atoms with Gasteiger partial charge in [-0.3, -0.25) is 10.3 Å². The summed E-state index contributed by atoms with van der Waals surface area (Å²) in [5.74, 6) is 0.857. The molecule has 1 atom stereocenters. The quantitative estimate of drug-likeness (QED) is 0.740. The lowest BCUT2D eigenvalue weighted by Gasteiger charge is -2.29. The highest BCUT2D eigenvalue weighted by Gasteiger charge is 2.23. The SMILES string of the molecule is CC(CN1CCCC1=N)N1CCCC1. The second kappa shape index (κ2) is 4.30. The average Bonchev–Trinajstić information content (AvgIpc) is 2.77. The van der Waals surface area contributed by atoms with Gasteiger partial charge in [-0.1, -0.05) is 0 Å². The van der Waals surface area contributed by atoms with Crippen molar-refractivity contribution in [1.29, 1.82) is 5.41 Å². The van der Waals surface area contributed by atoms with Crippen molar-refractivity contribution in [3.8, 4) is 0 Å². The third kappa shape index (κ3) is 2.08. The zero-order valence-corrected chi connectivity index (χ0v) is 9.13. The molecule has 2 saturated heterocycles. The standard InChI is InChI=1S/C11H21N3/c1-10(13-6-2-3-7-13)9-14-8-4-5-11(14)12/h10,12H,2-9H2,1H3. The van der Waals surface area contributed by atoms with E-state index in [9.17, 15) is 0 Å². The van der Waals surface area contributed by atoms with Gasteiger partial charge in [0.1, 0.15) is 0 Å². The van der Waals surface area contributed by atoms with Gasteiger partial charge in [-0.2, -0.15) is 0 Å². The van der Waals surface area contributed by atoms with E-state index in [4.69, 9.17) is 5.41 Å². The first-order valence-corrected chi connectivity index (χ1v) is 5.84. The third-order valence-corrected chi connectivity index (χ3v) is 3.47. The lowest BCUT2D eigenvalue weighted by molar-refractivity contribution is 0.220. The molecule has 0 aromatic rings. The molecule has 0 aromatic heterocycles. The minimum atomic E-state index is 0.635. The monoisotopic (exact) mass is 195 g/mol. The topological polar surface area (TPSA) is 30.3 Å². The fourth-order valence-electron chi connectivity index (χ4n) is 2.55. The summed E-state index contributed by atoms with van der Waals surface area (Å²) in [6.45, 7) is 7.01. The molecule has 0 bridgehead atoms. The predicted octanol–water partition coefficient (Wildman–Crippen LogP) is 1.54. The van der Waals surface area contributed by atoms with E-state index in [-0.39, 0.29) is 0 Å². The molecule has 0 aromatic carbocycles. The molecule has 1 unspecified atom stereocenters. The fraction of sp³-hybridized carbons (Fsp3) is 0.909. The zero-order chi connectivity index (χ0) is 9.97. The van der Waals surface area contributed by atoms with E-state index in [1.165, 1.54) is 32.4 Å². The molecule has 2 aliphatic rings. The molecule has 3 nitrogen and oxygen atoms in total. The molecule has 1 N–H and O–H groups in total. The van der Waals surface area contributed by atoms with Gasteiger partial charge in [0.05, 0.1) is 5.84 Å². The molecule has 0 spiro atoms. The van der Waals surface area contributed by atoms with Gasteiger partial charge in [0, 0.05) is 25.6 Å². The molecule has 0 radical (unpaired) electrons. The fourth-order valence-corrected chi connectivity index (χ4v) is 2.55. The Bertz CT molecular complexity index is 209. The second-order valence-corrected chi connectivity index (χ2v) is 4.59. The Labute approximate surface area is 86.6 Å². The number of hydrogen-bond donors (Lipinski definition) is 1. The highest BCUT2D eigenvalue weighted by atomic mass is 15.2. The highest BCUT2D eigenvalue weighted by Crippen LogP contribution is 2.15. The van der Waals surface area contributed by atoms with Crippen molar-refractivity contribution >= 4 is 5.84 Å². The number of nitrogens with zero attached hydrogens (tertiary/aromatic N) is 2. The Hall–Kier alpha value is -0.570. The van der Waals surface area contributed by atoms with Crippen molar-refractivity contribution in [2.75, 3.05) is 26.2 Å². The van der Waals surface area contributed by atoms with E-state index in [0.717, 1.165) is 25.3 Å². The van der Waals surface area contributed by atoms with Crippen molar-refractivity contribution in [2.45, 2.75) is 38.6 Å². The number of hydrogen-bond acceptors (Lipinski definition) is 2. The Balaban J connectivity index is 1.80. The molecular weight excluding hydrogens is 174 g/mol. The van der Waals surface area contributed by atoms with E-state index >= 15 is 0 Å². The maximum atomic E-state index is 7.78. The van der Waals surface area contributed by atoms with Crippen LogP contribution in [0.15, 0.2) is 0 Å². The van der Waals surface area contributed by atoms with Crippen LogP contribution in [0.2, 0.25) is 0 Å². The zero-order valence-electron chi connectivity index (χ0n) is 9.13. The lowest BCUT2D eigenvalue weighted by Crippen LogP contribution is -2.41. The van der Waals surface area contributed by atoms with Crippen LogP contribution >= 0.6 is 0 Å². The van der Waals surface area contributed by atoms with Crippen LogP contribution in [0.1, 0.15) is 32.6 Å². The van der Waals surface area contributed by atoms with Crippen LogP contribution in [0.5, 0.6) is 0 Å². The highest BCUT2D eigenvalue weighted by molar-refractivity contribution is 5.80. The van der Waals surface area contributed by atoms with Crippen molar-refractivity contribution in [3.05, 3.63) is 0 Å². The largest absolute Gasteiger partial charge is 0.359 e. The Morgan fingerprint density at radius 1 is 1.21 bits per heavy atom. The molecule has 0 saturated carbocycles. The summed E-state index contributed by atoms with van der Waals surface area (Å²) >= 11 is 0. The van der Waals surface area contributed by atoms with Gasteiger partial charge >= 0.3 is 0 Å². The second-order valence-electron chi connectivity index (χ2n) is 4.59. The molecule has 80 valence electrons. The number of likely N-dealkylation sites (tertiary alicyclic amines) is 2. The van der Waals surface area contributed by atoms with Crippen LogP contribution in [0.3, 0.4) is 0 Å². The molecule has 0 aliphatic carbocycles. The van der Waals surface area contributed by atoms with E-state index in [2.05, 4.69) is 16.7 Å². The van der Waals surface area contributed by atoms with Crippen LogP contribution in [0.4, 0.5) is 0 Å². The van der Waals surface area contributed by atoms with Gasteiger partial charge in [-0.05, 0) is 39.3 Å². The van der Waals surface area contributed by atoms with Crippen LogP contribution in [-0.2, 0) is 0 Å². The van der Waals surface area contributed by atoms with Gasteiger partial charge in [-0.25, -0.2) is 0 Å². The summed E-state index contributed by atoms with van der Waals surface area (Å²) in [5.41, 5.74) is 0. The smallest absolute Gasteiger partial charge is 0.0958 e. The van der Waals surface area contributed by atoms with Crippen molar-refractivity contribution in [2.24, 2.45) is 0 Å². The van der Waals surface area contributed by atoms with Gasteiger partial charge in [0.2, 0.25) is 0 Å². The first kappa shape index (κ1) is 9.97. The van der Waals surface area contributed by atoms with Gasteiger partial charge in [-0.15, -0.1) is 0 Å².